The van der Waals surface area contributed by atoms with Crippen molar-refractivity contribution in [3.05, 3.63) is 29.8 Å². The van der Waals surface area contributed by atoms with Gasteiger partial charge in [-0.2, -0.15) is 0 Å². The summed E-state index contributed by atoms with van der Waals surface area (Å²) >= 11 is 0. The average Bonchev–Trinajstić information content (AvgIpc) is 1.90. The van der Waals surface area contributed by atoms with E-state index < -0.39 is 0 Å². The second-order valence-corrected chi connectivity index (χ2v) is 1.73. The van der Waals surface area contributed by atoms with Crippen molar-refractivity contribution in [1.29, 1.82) is 0 Å². The SMILES string of the molecule is OCc1[c]cc(O)cc1. The second-order valence-electron chi connectivity index (χ2n) is 1.73. The predicted octanol–water partition coefficient (Wildman–Crippen LogP) is 0.685. The van der Waals surface area contributed by atoms with E-state index in [1.165, 1.54) is 12.1 Å². The van der Waals surface area contributed by atoms with Gasteiger partial charge in [-0.3, -0.25) is 0 Å². The van der Waals surface area contributed by atoms with Gasteiger partial charge in [0.1, 0.15) is 5.75 Å². The quantitative estimate of drug-likeness (QED) is 0.576. The van der Waals surface area contributed by atoms with Crippen molar-refractivity contribution in [2.24, 2.45) is 0 Å². The molecular formula is C7H7O2. The monoisotopic (exact) mass is 123 g/mol. The molecule has 0 aliphatic rings. The number of benzene rings is 1. The van der Waals surface area contributed by atoms with E-state index in [4.69, 9.17) is 10.2 Å². The van der Waals surface area contributed by atoms with Gasteiger partial charge in [-0.25, -0.2) is 0 Å². The third-order valence-electron chi connectivity index (χ3n) is 1.03. The molecule has 2 N–H and O–H groups in total. The molecule has 0 aliphatic carbocycles. The van der Waals surface area contributed by atoms with E-state index in [2.05, 4.69) is 6.07 Å². The molecule has 1 aromatic rings. The van der Waals surface area contributed by atoms with Crippen molar-refractivity contribution in [2.45, 2.75) is 6.61 Å². The molecule has 2 nitrogen and oxygen atoms in total. The summed E-state index contributed by atoms with van der Waals surface area (Å²) in [5.74, 6) is 0.173. The molecule has 1 radical (unpaired) electrons. The molecule has 0 spiro atoms. The van der Waals surface area contributed by atoms with E-state index >= 15 is 0 Å². The number of aliphatic hydroxyl groups is 1. The highest BCUT2D eigenvalue weighted by Gasteiger charge is 1.88. The zero-order valence-electron chi connectivity index (χ0n) is 4.83. The fourth-order valence-electron chi connectivity index (χ4n) is 0.547. The Balaban J connectivity index is 2.88. The Morgan fingerprint density at radius 2 is 2.22 bits per heavy atom. The molecule has 0 aromatic heterocycles. The van der Waals surface area contributed by atoms with Gasteiger partial charge >= 0.3 is 0 Å². The van der Waals surface area contributed by atoms with Crippen LogP contribution in [0.5, 0.6) is 5.75 Å². The molecule has 0 heterocycles. The van der Waals surface area contributed by atoms with Gasteiger partial charge in [0.2, 0.25) is 0 Å². The highest BCUT2D eigenvalue weighted by atomic mass is 16.3. The zero-order valence-corrected chi connectivity index (χ0v) is 4.83. The number of aromatic hydroxyl groups is 1. The summed E-state index contributed by atoms with van der Waals surface area (Å²) in [6.07, 6.45) is 0. The van der Waals surface area contributed by atoms with Gasteiger partial charge in [-0.05, 0) is 23.8 Å². The number of rotatable bonds is 1. The number of hydrogen-bond donors (Lipinski definition) is 2. The lowest BCUT2D eigenvalue weighted by Crippen LogP contribution is -1.79. The summed E-state index contributed by atoms with van der Waals surface area (Å²) in [5.41, 5.74) is 0.688. The minimum atomic E-state index is -0.0275. The van der Waals surface area contributed by atoms with E-state index in [0.717, 1.165) is 0 Å². The van der Waals surface area contributed by atoms with Crippen molar-refractivity contribution >= 4 is 0 Å². The molecule has 0 saturated carbocycles. The van der Waals surface area contributed by atoms with E-state index in [-0.39, 0.29) is 12.4 Å². The van der Waals surface area contributed by atoms with Crippen LogP contribution in [-0.2, 0) is 6.61 Å². The maximum absolute atomic E-state index is 8.74. The fourth-order valence-corrected chi connectivity index (χ4v) is 0.547. The van der Waals surface area contributed by atoms with Crippen molar-refractivity contribution in [1.82, 2.24) is 0 Å². The molecule has 0 aliphatic heterocycles. The molecule has 47 valence electrons. The summed E-state index contributed by atoms with van der Waals surface area (Å²) < 4.78 is 0. The van der Waals surface area contributed by atoms with Gasteiger partial charge in [0.25, 0.3) is 0 Å². The van der Waals surface area contributed by atoms with E-state index in [1.807, 2.05) is 0 Å². The second kappa shape index (κ2) is 2.51. The molecule has 9 heavy (non-hydrogen) atoms. The van der Waals surface area contributed by atoms with Crippen LogP contribution in [-0.4, -0.2) is 10.2 Å². The summed E-state index contributed by atoms with van der Waals surface area (Å²) in [6, 6.07) is 7.24. The van der Waals surface area contributed by atoms with Gasteiger partial charge in [0, 0.05) is 0 Å². The molecule has 0 saturated heterocycles. The summed E-state index contributed by atoms with van der Waals surface area (Å²) in [7, 11) is 0. The lowest BCUT2D eigenvalue weighted by Gasteiger charge is -1.92. The van der Waals surface area contributed by atoms with Crippen LogP contribution in [0.2, 0.25) is 0 Å². The summed E-state index contributed by atoms with van der Waals surface area (Å²) in [5, 5.41) is 17.3. The van der Waals surface area contributed by atoms with Crippen LogP contribution >= 0.6 is 0 Å². The molecule has 2 heteroatoms. The topological polar surface area (TPSA) is 40.5 Å². The van der Waals surface area contributed by atoms with Crippen LogP contribution in [0.15, 0.2) is 18.2 Å². The van der Waals surface area contributed by atoms with Crippen LogP contribution in [0, 0.1) is 6.07 Å². The Kier molecular flexibility index (Phi) is 1.70. The van der Waals surface area contributed by atoms with Crippen LogP contribution in [0.25, 0.3) is 0 Å². The Bertz CT molecular complexity index is 179. The summed E-state index contributed by atoms with van der Waals surface area (Å²) in [4.78, 5) is 0. The molecule has 0 amide bonds. The van der Waals surface area contributed by atoms with Crippen molar-refractivity contribution in [3.8, 4) is 5.75 Å². The third-order valence-corrected chi connectivity index (χ3v) is 1.03. The summed E-state index contributed by atoms with van der Waals surface area (Å²) in [6.45, 7) is -0.0275. The lowest BCUT2D eigenvalue weighted by atomic mass is 10.2. The zero-order chi connectivity index (χ0) is 6.69. The molecule has 0 fully saturated rings. The maximum atomic E-state index is 8.74. The molecule has 0 atom stereocenters. The number of phenolic OH excluding ortho intramolecular Hbond substituents is 1. The highest BCUT2D eigenvalue weighted by Crippen LogP contribution is 2.07. The van der Waals surface area contributed by atoms with Crippen molar-refractivity contribution < 1.29 is 10.2 Å². The average molecular weight is 123 g/mol. The maximum Gasteiger partial charge on any atom is 0.116 e. The minimum absolute atomic E-state index is 0.0275. The Morgan fingerprint density at radius 3 is 2.67 bits per heavy atom. The standard InChI is InChI=1S/C7H7O2/c8-5-6-1-3-7(9)4-2-6/h1,3-4,8-9H,5H2. The largest absolute Gasteiger partial charge is 0.508 e. The van der Waals surface area contributed by atoms with Crippen LogP contribution in [0.3, 0.4) is 0 Å². The Hall–Kier alpha value is -1.02. The third kappa shape index (κ3) is 1.44. The van der Waals surface area contributed by atoms with Crippen LogP contribution in [0.1, 0.15) is 5.56 Å². The number of phenols is 1. The molecule has 1 aromatic carbocycles. The van der Waals surface area contributed by atoms with Crippen LogP contribution in [0.4, 0.5) is 0 Å². The van der Waals surface area contributed by atoms with Gasteiger partial charge in [0.15, 0.2) is 0 Å². The van der Waals surface area contributed by atoms with Gasteiger partial charge in [-0.1, -0.05) is 6.07 Å². The first kappa shape index (κ1) is 6.11. The normalized spacial score (nSPS) is 9.44. The first-order valence-electron chi connectivity index (χ1n) is 2.63. The van der Waals surface area contributed by atoms with Gasteiger partial charge in [0.05, 0.1) is 6.61 Å². The lowest BCUT2D eigenvalue weighted by molar-refractivity contribution is 0.281. The number of aliphatic hydroxyl groups excluding tert-OH is 1. The van der Waals surface area contributed by atoms with Crippen LogP contribution < -0.4 is 0 Å². The molecule has 1 rings (SSSR count). The fraction of sp³-hybridized carbons (Fsp3) is 0.143. The highest BCUT2D eigenvalue weighted by molar-refractivity contribution is 5.23. The molecule has 0 unspecified atom stereocenters. The first-order valence-corrected chi connectivity index (χ1v) is 2.63. The Morgan fingerprint density at radius 1 is 1.44 bits per heavy atom. The van der Waals surface area contributed by atoms with Crippen molar-refractivity contribution in [3.63, 3.8) is 0 Å². The minimum Gasteiger partial charge on any atom is -0.508 e. The van der Waals surface area contributed by atoms with E-state index in [1.54, 1.807) is 6.07 Å². The van der Waals surface area contributed by atoms with E-state index in [9.17, 15) is 0 Å². The van der Waals surface area contributed by atoms with E-state index in [0.29, 0.717) is 5.56 Å². The first-order chi connectivity index (χ1) is 4.33. The number of hydrogen-bond acceptors (Lipinski definition) is 2. The molecule has 0 bridgehead atoms. The smallest absolute Gasteiger partial charge is 0.116 e. The van der Waals surface area contributed by atoms with Gasteiger partial charge < -0.3 is 10.2 Å². The molecular weight excluding hydrogens is 116 g/mol. The Labute approximate surface area is 53.4 Å². The predicted molar refractivity (Wildman–Crippen MR) is 32.9 cm³/mol. The van der Waals surface area contributed by atoms with Crippen molar-refractivity contribution in [2.75, 3.05) is 0 Å². The van der Waals surface area contributed by atoms with Gasteiger partial charge in [-0.15, -0.1) is 0 Å².